The molecule has 2 rings (SSSR count). The molecule has 2 aromatic rings. The van der Waals surface area contributed by atoms with Crippen LogP contribution < -0.4 is 5.73 Å². The third-order valence-electron chi connectivity index (χ3n) is 2.82. The molecule has 5 heteroatoms. The molecule has 106 valence electrons. The van der Waals surface area contributed by atoms with Crippen LogP contribution in [0.25, 0.3) is 0 Å². The molecule has 0 aliphatic carbocycles. The van der Waals surface area contributed by atoms with Crippen LogP contribution in [0.3, 0.4) is 0 Å². The maximum absolute atomic E-state index is 6.03. The summed E-state index contributed by atoms with van der Waals surface area (Å²) in [5, 5.41) is 0.917. The Kier molecular flexibility index (Phi) is 4.39. The highest BCUT2D eigenvalue weighted by Crippen LogP contribution is 2.33. The normalized spacial score (nSPS) is 11.7. The molecule has 20 heavy (non-hydrogen) atoms. The van der Waals surface area contributed by atoms with Gasteiger partial charge < -0.3 is 5.73 Å². The van der Waals surface area contributed by atoms with E-state index in [1.807, 2.05) is 19.1 Å². The molecule has 0 fully saturated rings. The minimum atomic E-state index is -0.117. The van der Waals surface area contributed by atoms with Crippen LogP contribution in [0.1, 0.15) is 32.2 Å². The summed E-state index contributed by atoms with van der Waals surface area (Å²) in [4.78, 5) is 10.2. The number of nitrogen functional groups attached to an aromatic ring is 1. The zero-order chi connectivity index (χ0) is 14.9. The van der Waals surface area contributed by atoms with Gasteiger partial charge in [-0.2, -0.15) is 0 Å². The fourth-order valence-corrected chi connectivity index (χ4v) is 3.09. The quantitative estimate of drug-likeness (QED) is 0.804. The molecule has 0 aliphatic heterocycles. The third kappa shape index (κ3) is 3.52. The average Bonchev–Trinajstić information content (AvgIpc) is 2.33. The third-order valence-corrected chi connectivity index (χ3v) is 4.39. The number of hydrogen-bond donors (Lipinski definition) is 1. The highest BCUT2D eigenvalue weighted by molar-refractivity contribution is 9.10. The Morgan fingerprint density at radius 1 is 1.20 bits per heavy atom. The van der Waals surface area contributed by atoms with Crippen LogP contribution in [0.15, 0.2) is 38.7 Å². The van der Waals surface area contributed by atoms with Gasteiger partial charge in [-0.3, -0.25) is 0 Å². The number of aromatic nitrogens is 2. The second kappa shape index (κ2) is 5.74. The maximum atomic E-state index is 6.03. The molecule has 0 saturated heterocycles. The predicted molar refractivity (Wildman–Crippen MR) is 88.1 cm³/mol. The predicted octanol–water partition coefficient (Wildman–Crippen LogP) is 4.58. The Labute approximate surface area is 132 Å². The van der Waals surface area contributed by atoms with E-state index in [1.165, 1.54) is 0 Å². The second-order valence-corrected chi connectivity index (χ2v) is 7.65. The molecule has 0 saturated carbocycles. The lowest BCUT2D eigenvalue weighted by atomic mass is 9.95. The van der Waals surface area contributed by atoms with Crippen molar-refractivity contribution in [1.29, 1.82) is 0 Å². The van der Waals surface area contributed by atoms with Gasteiger partial charge in [-0.25, -0.2) is 9.97 Å². The van der Waals surface area contributed by atoms with Crippen molar-refractivity contribution >= 4 is 33.5 Å². The summed E-state index contributed by atoms with van der Waals surface area (Å²) in [7, 11) is 0. The summed E-state index contributed by atoms with van der Waals surface area (Å²) < 4.78 is 1.05. The molecule has 2 N–H and O–H groups in total. The van der Waals surface area contributed by atoms with Gasteiger partial charge in [0.25, 0.3) is 0 Å². The van der Waals surface area contributed by atoms with Gasteiger partial charge >= 0.3 is 0 Å². The maximum Gasteiger partial charge on any atom is 0.137 e. The Hall–Kier alpha value is -1.07. The van der Waals surface area contributed by atoms with Gasteiger partial charge in [0, 0.05) is 20.3 Å². The van der Waals surface area contributed by atoms with Gasteiger partial charge in [0.1, 0.15) is 16.7 Å². The lowest BCUT2D eigenvalue weighted by Crippen LogP contribution is -2.18. The van der Waals surface area contributed by atoms with Gasteiger partial charge in [-0.15, -0.1) is 0 Å². The summed E-state index contributed by atoms with van der Waals surface area (Å²) in [6, 6.07) is 8.14. The largest absolute Gasteiger partial charge is 0.383 e. The molecule has 0 spiro atoms. The highest BCUT2D eigenvalue weighted by Gasteiger charge is 2.20. The van der Waals surface area contributed by atoms with E-state index in [0.29, 0.717) is 5.82 Å². The van der Waals surface area contributed by atoms with Gasteiger partial charge in [-0.05, 0) is 25.1 Å². The molecule has 0 bridgehead atoms. The molecular weight excluding hydrogens is 334 g/mol. The van der Waals surface area contributed by atoms with Crippen LogP contribution in [0.4, 0.5) is 5.82 Å². The number of rotatable bonds is 2. The van der Waals surface area contributed by atoms with Crippen molar-refractivity contribution in [2.45, 2.75) is 43.0 Å². The van der Waals surface area contributed by atoms with Crippen LogP contribution in [0.5, 0.6) is 0 Å². The first-order valence-electron chi connectivity index (χ1n) is 6.35. The second-order valence-electron chi connectivity index (χ2n) is 5.67. The summed E-state index contributed by atoms with van der Waals surface area (Å²) in [5.74, 6) is 1.33. The molecule has 0 atom stereocenters. The van der Waals surface area contributed by atoms with Crippen molar-refractivity contribution < 1.29 is 0 Å². The number of nitrogens with two attached hydrogens (primary N) is 1. The minimum Gasteiger partial charge on any atom is -0.383 e. The van der Waals surface area contributed by atoms with Crippen molar-refractivity contribution in [2.24, 2.45) is 0 Å². The molecule has 3 nitrogen and oxygen atoms in total. The van der Waals surface area contributed by atoms with E-state index in [1.54, 1.807) is 11.8 Å². The first-order valence-corrected chi connectivity index (χ1v) is 7.96. The van der Waals surface area contributed by atoms with Crippen molar-refractivity contribution in [3.63, 3.8) is 0 Å². The smallest absolute Gasteiger partial charge is 0.137 e. The fourth-order valence-electron chi connectivity index (χ4n) is 1.59. The Morgan fingerprint density at radius 2 is 1.90 bits per heavy atom. The summed E-state index contributed by atoms with van der Waals surface area (Å²) in [5.41, 5.74) is 6.84. The first-order chi connectivity index (χ1) is 9.27. The van der Waals surface area contributed by atoms with Gasteiger partial charge in [0.15, 0.2) is 0 Å². The van der Waals surface area contributed by atoms with Crippen molar-refractivity contribution in [1.82, 2.24) is 9.97 Å². The van der Waals surface area contributed by atoms with Crippen molar-refractivity contribution in [3.8, 4) is 0 Å². The number of halogens is 1. The van der Waals surface area contributed by atoms with Crippen LogP contribution in [-0.2, 0) is 5.41 Å². The van der Waals surface area contributed by atoms with Crippen LogP contribution in [0, 0.1) is 6.92 Å². The molecular formula is C15H18BrN3S. The molecule has 1 aromatic carbocycles. The van der Waals surface area contributed by atoms with Crippen LogP contribution in [0.2, 0.25) is 0 Å². The van der Waals surface area contributed by atoms with E-state index in [-0.39, 0.29) is 5.41 Å². The summed E-state index contributed by atoms with van der Waals surface area (Å²) >= 11 is 5.10. The number of hydrogen-bond acceptors (Lipinski definition) is 4. The zero-order valence-corrected chi connectivity index (χ0v) is 14.5. The van der Waals surface area contributed by atoms with Crippen molar-refractivity contribution in [3.05, 3.63) is 40.1 Å². The van der Waals surface area contributed by atoms with Crippen LogP contribution >= 0.6 is 27.7 Å². The van der Waals surface area contributed by atoms with Crippen molar-refractivity contribution in [2.75, 3.05) is 5.73 Å². The molecule has 1 aromatic heterocycles. The highest BCUT2D eigenvalue weighted by atomic mass is 79.9. The van der Waals surface area contributed by atoms with E-state index >= 15 is 0 Å². The van der Waals surface area contributed by atoms with E-state index in [2.05, 4.69) is 58.8 Å². The van der Waals surface area contributed by atoms with E-state index in [0.717, 1.165) is 25.8 Å². The molecule has 0 unspecified atom stereocenters. The van der Waals surface area contributed by atoms with E-state index < -0.39 is 0 Å². The SMILES string of the molecule is Cc1c(N)nc(C(C)(C)C)nc1Sc1cccc(Br)c1. The molecule has 1 heterocycles. The monoisotopic (exact) mass is 351 g/mol. The summed E-state index contributed by atoms with van der Waals surface area (Å²) in [6.07, 6.45) is 0. The number of anilines is 1. The fraction of sp³-hybridized carbons (Fsp3) is 0.333. The van der Waals surface area contributed by atoms with E-state index in [9.17, 15) is 0 Å². The zero-order valence-electron chi connectivity index (χ0n) is 12.1. The Bertz CT molecular complexity index is 636. The first kappa shape index (κ1) is 15.3. The Balaban J connectivity index is 2.43. The Morgan fingerprint density at radius 3 is 2.50 bits per heavy atom. The average molecular weight is 352 g/mol. The van der Waals surface area contributed by atoms with Gasteiger partial charge in [0.2, 0.25) is 0 Å². The summed E-state index contributed by atoms with van der Waals surface area (Å²) in [6.45, 7) is 8.22. The lowest BCUT2D eigenvalue weighted by molar-refractivity contribution is 0.538. The standard InChI is InChI=1S/C15H18BrN3S/c1-9-12(17)18-14(15(2,3)4)19-13(9)20-11-7-5-6-10(16)8-11/h5-8H,1-4H3,(H2,17,18,19). The minimum absolute atomic E-state index is 0.117. The number of benzene rings is 1. The lowest BCUT2D eigenvalue weighted by Gasteiger charge is -2.19. The van der Waals surface area contributed by atoms with Gasteiger partial charge in [0.05, 0.1) is 0 Å². The molecule has 0 radical (unpaired) electrons. The molecule has 0 amide bonds. The van der Waals surface area contributed by atoms with Crippen LogP contribution in [-0.4, -0.2) is 9.97 Å². The molecule has 0 aliphatic rings. The van der Waals surface area contributed by atoms with Gasteiger partial charge in [-0.1, -0.05) is 54.5 Å². The van der Waals surface area contributed by atoms with E-state index in [4.69, 9.17) is 5.73 Å². The number of nitrogens with zero attached hydrogens (tertiary/aromatic N) is 2. The topological polar surface area (TPSA) is 51.8 Å².